The molecule has 150 valence electrons. The molecular weight excluding hydrogens is 366 g/mol. The summed E-state index contributed by atoms with van der Waals surface area (Å²) in [7, 11) is 5.42. The first kappa shape index (κ1) is 19.0. The molecule has 1 fully saturated rings. The lowest BCUT2D eigenvalue weighted by atomic mass is 10.2. The van der Waals surface area contributed by atoms with Crippen molar-refractivity contribution in [2.75, 3.05) is 31.4 Å². The van der Waals surface area contributed by atoms with Gasteiger partial charge in [-0.2, -0.15) is 0 Å². The van der Waals surface area contributed by atoms with Crippen LogP contribution in [-0.4, -0.2) is 41.6 Å². The fourth-order valence-corrected chi connectivity index (χ4v) is 3.19. The van der Waals surface area contributed by atoms with E-state index < -0.39 is 0 Å². The number of hydrogen-bond donors (Lipinski definition) is 1. The standard InChI is InChI=1S/C22H25N5O2/c1-26(2)22-23-11-17(12-24-22)16-9-20(27(14-16)13-15-7-8-15)21(28)25-18-5-4-6-19(10-18)29-3/h4-6,9-12,14-15H,7-8,13H2,1-3H3,(H,25,28). The van der Waals surface area contributed by atoms with E-state index in [1.807, 2.05) is 54.0 Å². The van der Waals surface area contributed by atoms with Crippen molar-refractivity contribution < 1.29 is 9.53 Å². The van der Waals surface area contributed by atoms with Gasteiger partial charge in [0.25, 0.3) is 5.91 Å². The van der Waals surface area contributed by atoms with E-state index in [1.165, 1.54) is 12.8 Å². The third-order valence-electron chi connectivity index (χ3n) is 4.98. The Hall–Kier alpha value is -3.35. The molecule has 4 rings (SSSR count). The van der Waals surface area contributed by atoms with Crippen LogP contribution >= 0.6 is 0 Å². The van der Waals surface area contributed by atoms with E-state index in [-0.39, 0.29) is 5.91 Å². The fraction of sp³-hybridized carbons (Fsp3) is 0.318. The molecule has 3 aromatic rings. The van der Waals surface area contributed by atoms with Crippen LogP contribution in [0.5, 0.6) is 5.75 Å². The van der Waals surface area contributed by atoms with Gasteiger partial charge in [-0.1, -0.05) is 6.07 Å². The number of carbonyl (C=O) groups excluding carboxylic acids is 1. The normalized spacial score (nSPS) is 13.2. The maximum Gasteiger partial charge on any atom is 0.272 e. The first-order chi connectivity index (χ1) is 14.0. The van der Waals surface area contributed by atoms with Crippen molar-refractivity contribution in [2.45, 2.75) is 19.4 Å². The Balaban J connectivity index is 1.61. The van der Waals surface area contributed by atoms with Crippen LogP contribution in [0.25, 0.3) is 11.1 Å². The molecule has 0 bridgehead atoms. The van der Waals surface area contributed by atoms with Gasteiger partial charge >= 0.3 is 0 Å². The molecule has 2 heterocycles. The Labute approximate surface area is 170 Å². The molecule has 7 heteroatoms. The molecule has 1 amide bonds. The van der Waals surface area contributed by atoms with Gasteiger partial charge in [-0.25, -0.2) is 9.97 Å². The number of ether oxygens (including phenoxy) is 1. The van der Waals surface area contributed by atoms with Crippen LogP contribution in [0.4, 0.5) is 11.6 Å². The predicted octanol–water partition coefficient (Wildman–Crippen LogP) is 3.68. The Bertz CT molecular complexity index is 1010. The molecule has 29 heavy (non-hydrogen) atoms. The Kier molecular flexibility index (Phi) is 5.20. The van der Waals surface area contributed by atoms with Gasteiger partial charge in [0.05, 0.1) is 7.11 Å². The van der Waals surface area contributed by atoms with Gasteiger partial charge < -0.3 is 19.5 Å². The van der Waals surface area contributed by atoms with Crippen LogP contribution in [0, 0.1) is 5.92 Å². The first-order valence-corrected chi connectivity index (χ1v) is 9.69. The number of aromatic nitrogens is 3. The lowest BCUT2D eigenvalue weighted by Crippen LogP contribution is -2.17. The zero-order valence-corrected chi connectivity index (χ0v) is 16.9. The van der Waals surface area contributed by atoms with Crippen LogP contribution in [0.1, 0.15) is 23.3 Å². The van der Waals surface area contributed by atoms with Gasteiger partial charge in [-0.3, -0.25) is 4.79 Å². The maximum atomic E-state index is 13.0. The van der Waals surface area contributed by atoms with Gasteiger partial charge in [-0.15, -0.1) is 0 Å². The number of methoxy groups -OCH3 is 1. The Morgan fingerprint density at radius 1 is 1.21 bits per heavy atom. The number of nitrogens with one attached hydrogen (secondary N) is 1. The molecule has 0 spiro atoms. The van der Waals surface area contributed by atoms with Crippen LogP contribution in [0.3, 0.4) is 0 Å². The Morgan fingerprint density at radius 2 is 1.97 bits per heavy atom. The molecule has 7 nitrogen and oxygen atoms in total. The molecule has 1 aliphatic carbocycles. The quantitative estimate of drug-likeness (QED) is 0.665. The second-order valence-corrected chi connectivity index (χ2v) is 7.56. The average Bonchev–Trinajstić information content (AvgIpc) is 3.44. The molecule has 0 unspecified atom stereocenters. The second-order valence-electron chi connectivity index (χ2n) is 7.56. The van der Waals surface area contributed by atoms with Gasteiger partial charge in [0.2, 0.25) is 5.95 Å². The maximum absolute atomic E-state index is 13.0. The SMILES string of the molecule is COc1cccc(NC(=O)c2cc(-c3cnc(N(C)C)nc3)cn2CC2CC2)c1. The molecule has 1 saturated carbocycles. The fourth-order valence-electron chi connectivity index (χ4n) is 3.19. The third-order valence-corrected chi connectivity index (χ3v) is 4.98. The van der Waals surface area contributed by atoms with Gasteiger partial charge in [0, 0.05) is 62.1 Å². The molecule has 1 N–H and O–H groups in total. The second kappa shape index (κ2) is 7.95. The molecule has 0 atom stereocenters. The molecule has 0 saturated heterocycles. The van der Waals surface area contributed by atoms with Crippen molar-refractivity contribution in [3.63, 3.8) is 0 Å². The molecule has 1 aliphatic rings. The predicted molar refractivity (Wildman–Crippen MR) is 113 cm³/mol. The summed E-state index contributed by atoms with van der Waals surface area (Å²) in [4.78, 5) is 23.6. The summed E-state index contributed by atoms with van der Waals surface area (Å²) < 4.78 is 7.29. The number of amides is 1. The largest absolute Gasteiger partial charge is 0.497 e. The minimum atomic E-state index is -0.143. The summed E-state index contributed by atoms with van der Waals surface area (Å²) in [5.41, 5.74) is 3.16. The van der Waals surface area contributed by atoms with E-state index >= 15 is 0 Å². The lowest BCUT2D eigenvalue weighted by molar-refractivity contribution is 0.101. The summed E-state index contributed by atoms with van der Waals surface area (Å²) in [5.74, 6) is 1.86. The van der Waals surface area contributed by atoms with Crippen molar-refractivity contribution in [3.8, 4) is 16.9 Å². The molecule has 0 radical (unpaired) electrons. The highest BCUT2D eigenvalue weighted by Gasteiger charge is 2.25. The van der Waals surface area contributed by atoms with Crippen LogP contribution < -0.4 is 15.0 Å². The number of anilines is 2. The highest BCUT2D eigenvalue weighted by Crippen LogP contribution is 2.33. The minimum absolute atomic E-state index is 0.143. The number of hydrogen-bond acceptors (Lipinski definition) is 5. The number of carbonyl (C=O) groups is 1. The zero-order valence-electron chi connectivity index (χ0n) is 16.9. The summed E-state index contributed by atoms with van der Waals surface area (Å²) in [6.45, 7) is 0.845. The van der Waals surface area contributed by atoms with Crippen molar-refractivity contribution in [1.29, 1.82) is 0 Å². The average molecular weight is 391 g/mol. The van der Waals surface area contributed by atoms with Crippen molar-refractivity contribution in [3.05, 3.63) is 54.6 Å². The van der Waals surface area contributed by atoms with Gasteiger partial charge in [-0.05, 0) is 37.0 Å². The van der Waals surface area contributed by atoms with E-state index in [2.05, 4.69) is 15.3 Å². The molecule has 0 aliphatic heterocycles. The van der Waals surface area contributed by atoms with Crippen LogP contribution in [-0.2, 0) is 6.54 Å². The van der Waals surface area contributed by atoms with Crippen molar-refractivity contribution in [1.82, 2.24) is 14.5 Å². The monoisotopic (exact) mass is 391 g/mol. The van der Waals surface area contributed by atoms with Gasteiger partial charge in [0.1, 0.15) is 11.4 Å². The topological polar surface area (TPSA) is 72.3 Å². The van der Waals surface area contributed by atoms with Crippen LogP contribution in [0.2, 0.25) is 0 Å². The third kappa shape index (κ3) is 4.39. The summed E-state index contributed by atoms with van der Waals surface area (Å²) in [5, 5.41) is 2.98. The van der Waals surface area contributed by atoms with E-state index in [0.29, 0.717) is 29.0 Å². The highest BCUT2D eigenvalue weighted by molar-refractivity contribution is 6.04. The lowest BCUT2D eigenvalue weighted by Gasteiger charge is -2.10. The summed E-state index contributed by atoms with van der Waals surface area (Å²) in [6.07, 6.45) is 8.04. The first-order valence-electron chi connectivity index (χ1n) is 9.69. The molecular formula is C22H25N5O2. The van der Waals surface area contributed by atoms with Crippen molar-refractivity contribution >= 4 is 17.5 Å². The molecule has 1 aromatic carbocycles. The summed E-state index contributed by atoms with van der Waals surface area (Å²) in [6, 6.07) is 9.27. The number of rotatable bonds is 7. The number of benzene rings is 1. The van der Waals surface area contributed by atoms with E-state index in [1.54, 1.807) is 25.6 Å². The molecule has 2 aromatic heterocycles. The van der Waals surface area contributed by atoms with E-state index in [9.17, 15) is 4.79 Å². The van der Waals surface area contributed by atoms with Crippen molar-refractivity contribution in [2.24, 2.45) is 5.92 Å². The minimum Gasteiger partial charge on any atom is -0.497 e. The summed E-state index contributed by atoms with van der Waals surface area (Å²) >= 11 is 0. The van der Waals surface area contributed by atoms with Gasteiger partial charge in [0.15, 0.2) is 0 Å². The zero-order chi connectivity index (χ0) is 20.4. The number of nitrogens with zero attached hydrogens (tertiary/aromatic N) is 4. The van der Waals surface area contributed by atoms with E-state index in [4.69, 9.17) is 4.74 Å². The Morgan fingerprint density at radius 3 is 2.62 bits per heavy atom. The highest BCUT2D eigenvalue weighted by atomic mass is 16.5. The van der Waals surface area contributed by atoms with E-state index in [0.717, 1.165) is 17.7 Å². The van der Waals surface area contributed by atoms with Crippen LogP contribution in [0.15, 0.2) is 48.9 Å². The smallest absolute Gasteiger partial charge is 0.272 e.